The van der Waals surface area contributed by atoms with Crippen LogP contribution in [0, 0.1) is 0 Å². The van der Waals surface area contributed by atoms with Gasteiger partial charge in [-0.2, -0.15) is 0 Å². The number of ether oxygens (including phenoxy) is 1. The van der Waals surface area contributed by atoms with E-state index in [0.29, 0.717) is 27.3 Å². The smallest absolute Gasteiger partial charge is 0.327 e. The summed E-state index contributed by atoms with van der Waals surface area (Å²) in [5, 5.41) is 1.32. The van der Waals surface area contributed by atoms with Gasteiger partial charge in [0.05, 0.1) is 17.2 Å². The predicted octanol–water partition coefficient (Wildman–Crippen LogP) is 3.38. The molecule has 0 saturated heterocycles. The molecule has 0 saturated carbocycles. The van der Waals surface area contributed by atoms with Crippen molar-refractivity contribution in [1.29, 1.82) is 0 Å². The van der Waals surface area contributed by atoms with Crippen molar-refractivity contribution >= 4 is 45.6 Å². The number of hydrogen-bond acceptors (Lipinski definition) is 6. The fourth-order valence-corrected chi connectivity index (χ4v) is 3.15. The highest BCUT2D eigenvalue weighted by atomic mass is 35.5. The number of carbonyl (C=O) groups excluding carboxylic acids is 1. The lowest BCUT2D eigenvalue weighted by atomic mass is 10.1. The topological polar surface area (TPSA) is 68.5 Å². The molecule has 0 amide bonds. The van der Waals surface area contributed by atoms with Gasteiger partial charge in [-0.15, -0.1) is 11.3 Å². The van der Waals surface area contributed by atoms with Gasteiger partial charge < -0.3 is 10.5 Å². The van der Waals surface area contributed by atoms with Crippen LogP contribution in [0.15, 0.2) is 24.4 Å². The number of likely N-dealkylation sites (N-methyl/N-ethyl adjacent to an activating group) is 1. The van der Waals surface area contributed by atoms with Gasteiger partial charge in [0.15, 0.2) is 5.13 Å². The third-order valence-electron chi connectivity index (χ3n) is 3.10. The van der Waals surface area contributed by atoms with Crippen LogP contribution in [0.4, 0.5) is 5.13 Å². The van der Waals surface area contributed by atoms with Gasteiger partial charge in [-0.1, -0.05) is 29.3 Å². The first kappa shape index (κ1) is 17.0. The lowest BCUT2D eigenvalue weighted by Gasteiger charge is -2.25. The van der Waals surface area contributed by atoms with Crippen LogP contribution < -0.4 is 5.73 Å². The van der Waals surface area contributed by atoms with Crippen LogP contribution in [0.1, 0.15) is 16.5 Å². The van der Waals surface area contributed by atoms with E-state index in [9.17, 15) is 4.79 Å². The highest BCUT2D eigenvalue weighted by Crippen LogP contribution is 2.30. The number of anilines is 1. The fourth-order valence-electron chi connectivity index (χ4n) is 2.10. The summed E-state index contributed by atoms with van der Waals surface area (Å²) in [7, 11) is 3.17. The van der Waals surface area contributed by atoms with E-state index in [0.717, 1.165) is 4.88 Å². The number of hydrogen-bond donors (Lipinski definition) is 1. The summed E-state index contributed by atoms with van der Waals surface area (Å²) in [6, 6.07) is 4.49. The highest BCUT2D eigenvalue weighted by molar-refractivity contribution is 7.15. The molecule has 2 N–H and O–H groups in total. The standard InChI is InChI=1S/C14H15Cl2N3O2S/c1-19(7-9-6-18-14(17)22-9)12(13(20)21-2)8-3-4-10(15)11(16)5-8/h3-6,12H,7H2,1-2H3,(H2,17,18). The number of nitrogens with zero attached hydrogens (tertiary/aromatic N) is 2. The molecule has 0 fully saturated rings. The number of nitrogens with two attached hydrogens (primary N) is 1. The Morgan fingerprint density at radius 2 is 2.18 bits per heavy atom. The summed E-state index contributed by atoms with van der Waals surface area (Å²) in [5.41, 5.74) is 6.34. The fraction of sp³-hybridized carbons (Fsp3) is 0.286. The van der Waals surface area contributed by atoms with Crippen molar-refractivity contribution in [2.45, 2.75) is 12.6 Å². The van der Waals surface area contributed by atoms with Crippen molar-refractivity contribution < 1.29 is 9.53 Å². The van der Waals surface area contributed by atoms with Gasteiger partial charge in [-0.3, -0.25) is 4.90 Å². The first-order chi connectivity index (χ1) is 10.4. The molecule has 1 atom stereocenters. The zero-order valence-electron chi connectivity index (χ0n) is 12.0. The van der Waals surface area contributed by atoms with E-state index >= 15 is 0 Å². The molecule has 22 heavy (non-hydrogen) atoms. The van der Waals surface area contributed by atoms with Crippen molar-refractivity contribution in [3.63, 3.8) is 0 Å². The van der Waals surface area contributed by atoms with Gasteiger partial charge in [0, 0.05) is 17.6 Å². The Morgan fingerprint density at radius 1 is 1.45 bits per heavy atom. The van der Waals surface area contributed by atoms with E-state index in [1.807, 2.05) is 11.9 Å². The third-order valence-corrected chi connectivity index (χ3v) is 4.65. The second-order valence-corrected chi connectivity index (χ2v) is 6.64. The summed E-state index contributed by atoms with van der Waals surface area (Å²) in [6.45, 7) is 0.509. The molecule has 0 aliphatic rings. The summed E-state index contributed by atoms with van der Waals surface area (Å²) < 4.78 is 4.91. The van der Waals surface area contributed by atoms with Crippen LogP contribution in [0.25, 0.3) is 0 Å². The SMILES string of the molecule is COC(=O)C(c1ccc(Cl)c(Cl)c1)N(C)Cc1cnc(N)s1. The molecule has 1 aromatic heterocycles. The maximum absolute atomic E-state index is 12.2. The highest BCUT2D eigenvalue weighted by Gasteiger charge is 2.27. The Bertz CT molecular complexity index is 678. The quantitative estimate of drug-likeness (QED) is 0.828. The van der Waals surface area contributed by atoms with E-state index in [-0.39, 0.29) is 5.97 Å². The normalized spacial score (nSPS) is 12.4. The van der Waals surface area contributed by atoms with Gasteiger partial charge in [0.1, 0.15) is 6.04 Å². The van der Waals surface area contributed by atoms with Crippen LogP contribution >= 0.6 is 34.5 Å². The molecule has 118 valence electrons. The molecule has 2 aromatic rings. The number of halogens is 2. The van der Waals surface area contributed by atoms with Gasteiger partial charge in [0.25, 0.3) is 0 Å². The molecule has 0 radical (unpaired) electrons. The summed E-state index contributed by atoms with van der Waals surface area (Å²) in [5.74, 6) is -0.377. The number of nitrogen functional groups attached to an aromatic ring is 1. The number of carbonyl (C=O) groups is 1. The number of esters is 1. The van der Waals surface area contributed by atoms with Crippen molar-refractivity contribution in [3.05, 3.63) is 44.9 Å². The molecule has 0 aliphatic heterocycles. The van der Waals surface area contributed by atoms with E-state index in [2.05, 4.69) is 4.98 Å². The molecule has 1 heterocycles. The zero-order chi connectivity index (χ0) is 16.3. The molecular formula is C14H15Cl2N3O2S. The molecule has 0 spiro atoms. The van der Waals surface area contributed by atoms with E-state index in [1.54, 1.807) is 24.4 Å². The molecule has 8 heteroatoms. The Hall–Kier alpha value is -1.34. The van der Waals surface area contributed by atoms with Gasteiger partial charge >= 0.3 is 5.97 Å². The number of thiazole rings is 1. The van der Waals surface area contributed by atoms with Crippen LogP contribution in [-0.2, 0) is 16.1 Å². The monoisotopic (exact) mass is 359 g/mol. The number of rotatable bonds is 5. The maximum atomic E-state index is 12.2. The van der Waals surface area contributed by atoms with Crippen molar-refractivity contribution in [3.8, 4) is 0 Å². The Balaban J connectivity index is 2.28. The number of aromatic nitrogens is 1. The summed E-state index contributed by atoms with van der Waals surface area (Å²) >= 11 is 13.4. The molecule has 0 bridgehead atoms. The second-order valence-electron chi connectivity index (χ2n) is 4.68. The molecule has 2 rings (SSSR count). The van der Waals surface area contributed by atoms with Crippen molar-refractivity contribution in [2.75, 3.05) is 19.9 Å². The van der Waals surface area contributed by atoms with Crippen LogP contribution in [0.3, 0.4) is 0 Å². The molecule has 1 unspecified atom stereocenters. The summed E-state index contributed by atoms with van der Waals surface area (Å²) in [6.07, 6.45) is 1.69. The average Bonchev–Trinajstić information content (AvgIpc) is 2.88. The first-order valence-corrected chi connectivity index (χ1v) is 7.92. The molecule has 0 aliphatic carbocycles. The average molecular weight is 360 g/mol. The van der Waals surface area contributed by atoms with Crippen LogP contribution in [-0.4, -0.2) is 30.0 Å². The second kappa shape index (κ2) is 7.28. The van der Waals surface area contributed by atoms with Gasteiger partial charge in [-0.25, -0.2) is 9.78 Å². The maximum Gasteiger partial charge on any atom is 0.327 e. The minimum absolute atomic E-state index is 0.377. The summed E-state index contributed by atoms with van der Waals surface area (Å²) in [4.78, 5) is 19.0. The Kier molecular flexibility index (Phi) is 5.63. The van der Waals surface area contributed by atoms with Gasteiger partial charge in [0.2, 0.25) is 0 Å². The predicted molar refractivity (Wildman–Crippen MR) is 89.2 cm³/mol. The van der Waals surface area contributed by atoms with Crippen LogP contribution in [0.2, 0.25) is 10.0 Å². The van der Waals surface area contributed by atoms with Gasteiger partial charge in [-0.05, 0) is 24.7 Å². The van der Waals surface area contributed by atoms with E-state index in [4.69, 9.17) is 33.7 Å². The number of benzene rings is 1. The molecule has 1 aromatic carbocycles. The number of methoxy groups -OCH3 is 1. The Morgan fingerprint density at radius 3 is 2.73 bits per heavy atom. The lowest BCUT2D eigenvalue weighted by Crippen LogP contribution is -2.31. The minimum Gasteiger partial charge on any atom is -0.468 e. The Labute approximate surface area is 142 Å². The third kappa shape index (κ3) is 3.89. The van der Waals surface area contributed by atoms with E-state index < -0.39 is 6.04 Å². The minimum atomic E-state index is -0.594. The van der Waals surface area contributed by atoms with Crippen molar-refractivity contribution in [2.24, 2.45) is 0 Å². The molecular weight excluding hydrogens is 345 g/mol. The van der Waals surface area contributed by atoms with Crippen LogP contribution in [0.5, 0.6) is 0 Å². The zero-order valence-corrected chi connectivity index (χ0v) is 14.4. The van der Waals surface area contributed by atoms with Crippen molar-refractivity contribution in [1.82, 2.24) is 9.88 Å². The lowest BCUT2D eigenvalue weighted by molar-refractivity contribution is -0.147. The first-order valence-electron chi connectivity index (χ1n) is 6.35. The van der Waals surface area contributed by atoms with E-state index in [1.165, 1.54) is 18.4 Å². The largest absolute Gasteiger partial charge is 0.468 e. The molecule has 5 nitrogen and oxygen atoms in total.